The van der Waals surface area contributed by atoms with E-state index in [1.807, 2.05) is 13.0 Å². The molecule has 0 aromatic carbocycles. The van der Waals surface area contributed by atoms with Crippen LogP contribution in [0.15, 0.2) is 6.07 Å². The first-order valence-electron chi connectivity index (χ1n) is 7.22. The number of nitrogens with one attached hydrogen (secondary N) is 1. The zero-order valence-electron chi connectivity index (χ0n) is 12.5. The quantitative estimate of drug-likeness (QED) is 0.720. The number of alkyl halides is 1. The molecule has 108 valence electrons. The summed E-state index contributed by atoms with van der Waals surface area (Å²) < 4.78 is 0. The van der Waals surface area contributed by atoms with Gasteiger partial charge >= 0.3 is 0 Å². The zero-order chi connectivity index (χ0) is 14.3. The van der Waals surface area contributed by atoms with Crippen molar-refractivity contribution in [1.82, 2.24) is 9.97 Å². The van der Waals surface area contributed by atoms with Crippen molar-refractivity contribution in [3.8, 4) is 0 Å². The van der Waals surface area contributed by atoms with Crippen LogP contribution in [0.2, 0.25) is 0 Å². The highest BCUT2D eigenvalue weighted by atomic mass is 35.5. The van der Waals surface area contributed by atoms with E-state index in [0.717, 1.165) is 36.2 Å². The van der Waals surface area contributed by atoms with Gasteiger partial charge in [0, 0.05) is 30.1 Å². The molecule has 0 saturated heterocycles. The van der Waals surface area contributed by atoms with E-state index in [9.17, 15) is 0 Å². The Hall–Kier alpha value is -0.830. The largest absolute Gasteiger partial charge is 0.370 e. The van der Waals surface area contributed by atoms with Gasteiger partial charge in [-0.15, -0.1) is 11.6 Å². The Morgan fingerprint density at radius 1 is 1.26 bits per heavy atom. The second-order valence-electron chi connectivity index (χ2n) is 5.42. The molecule has 0 radical (unpaired) electrons. The first kappa shape index (κ1) is 16.2. The lowest BCUT2D eigenvalue weighted by molar-refractivity contribution is 0.489. The second kappa shape index (κ2) is 8.36. The van der Waals surface area contributed by atoms with Gasteiger partial charge in [-0.05, 0) is 25.7 Å². The lowest BCUT2D eigenvalue weighted by atomic mass is 10.0. The zero-order valence-corrected chi connectivity index (χ0v) is 13.3. The van der Waals surface area contributed by atoms with E-state index >= 15 is 0 Å². The number of nitrogens with zero attached hydrogens (tertiary/aromatic N) is 2. The molecule has 4 heteroatoms. The third-order valence-electron chi connectivity index (χ3n) is 3.17. The van der Waals surface area contributed by atoms with E-state index in [2.05, 4.69) is 36.1 Å². The molecule has 0 aliphatic carbocycles. The summed E-state index contributed by atoms with van der Waals surface area (Å²) in [5, 5.41) is 3.44. The molecule has 0 aliphatic rings. The third kappa shape index (κ3) is 5.77. The van der Waals surface area contributed by atoms with Crippen LogP contribution >= 0.6 is 11.6 Å². The molecular formula is C15H26ClN3. The highest BCUT2D eigenvalue weighted by molar-refractivity contribution is 6.17. The van der Waals surface area contributed by atoms with Crippen molar-refractivity contribution in [2.24, 2.45) is 5.92 Å². The van der Waals surface area contributed by atoms with Crippen LogP contribution in [-0.4, -0.2) is 22.4 Å². The minimum Gasteiger partial charge on any atom is -0.370 e. The molecule has 1 rings (SSSR count). The van der Waals surface area contributed by atoms with Crippen molar-refractivity contribution in [3.63, 3.8) is 0 Å². The summed E-state index contributed by atoms with van der Waals surface area (Å²) in [5.74, 6) is 3.56. The summed E-state index contributed by atoms with van der Waals surface area (Å²) in [7, 11) is 0. The van der Waals surface area contributed by atoms with Crippen molar-refractivity contribution >= 4 is 17.4 Å². The lowest BCUT2D eigenvalue weighted by Gasteiger charge is -2.17. The monoisotopic (exact) mass is 283 g/mol. The van der Waals surface area contributed by atoms with Crippen LogP contribution in [-0.2, 0) is 0 Å². The molecule has 1 aromatic heterocycles. The summed E-state index contributed by atoms with van der Waals surface area (Å²) in [5.41, 5.74) is 1.02. The SMILES string of the molecule is CCCC(CCCl)CNc1cc(C)nc(C(C)C)n1. The molecule has 1 atom stereocenters. The Morgan fingerprint density at radius 3 is 2.58 bits per heavy atom. The molecule has 0 amide bonds. The average molecular weight is 284 g/mol. The first-order chi connectivity index (χ1) is 9.06. The van der Waals surface area contributed by atoms with Crippen molar-refractivity contribution in [2.75, 3.05) is 17.7 Å². The van der Waals surface area contributed by atoms with Gasteiger partial charge in [-0.2, -0.15) is 0 Å². The Kier molecular flexibility index (Phi) is 7.14. The van der Waals surface area contributed by atoms with Crippen LogP contribution in [0.5, 0.6) is 0 Å². The van der Waals surface area contributed by atoms with Crippen LogP contribution < -0.4 is 5.32 Å². The van der Waals surface area contributed by atoms with E-state index < -0.39 is 0 Å². The predicted molar refractivity (Wildman–Crippen MR) is 83.1 cm³/mol. The number of anilines is 1. The summed E-state index contributed by atoms with van der Waals surface area (Å²) in [6.07, 6.45) is 3.47. The summed E-state index contributed by atoms with van der Waals surface area (Å²) in [6.45, 7) is 9.40. The standard InChI is InChI=1S/C15H26ClN3/c1-5-6-13(7-8-16)10-17-14-9-12(4)18-15(19-14)11(2)3/h9,11,13H,5-8,10H2,1-4H3,(H,17,18,19). The first-order valence-corrected chi connectivity index (χ1v) is 7.75. The Morgan fingerprint density at radius 2 is 2.00 bits per heavy atom. The Bertz CT molecular complexity index is 374. The lowest BCUT2D eigenvalue weighted by Crippen LogP contribution is -2.16. The molecule has 3 nitrogen and oxygen atoms in total. The van der Waals surface area contributed by atoms with E-state index in [-0.39, 0.29) is 0 Å². The summed E-state index contributed by atoms with van der Waals surface area (Å²) in [6, 6.07) is 2.01. The second-order valence-corrected chi connectivity index (χ2v) is 5.80. The van der Waals surface area contributed by atoms with Crippen molar-refractivity contribution in [3.05, 3.63) is 17.6 Å². The van der Waals surface area contributed by atoms with Crippen LogP contribution in [0.25, 0.3) is 0 Å². The molecule has 0 spiro atoms. The van der Waals surface area contributed by atoms with E-state index in [1.165, 1.54) is 12.8 Å². The van der Waals surface area contributed by atoms with Gasteiger partial charge in [0.15, 0.2) is 0 Å². The van der Waals surface area contributed by atoms with Gasteiger partial charge in [-0.1, -0.05) is 27.2 Å². The van der Waals surface area contributed by atoms with Gasteiger partial charge in [-0.3, -0.25) is 0 Å². The molecule has 0 bridgehead atoms. The number of hydrogen-bond donors (Lipinski definition) is 1. The molecule has 1 aromatic rings. The highest BCUT2D eigenvalue weighted by Gasteiger charge is 2.09. The minimum absolute atomic E-state index is 0.356. The van der Waals surface area contributed by atoms with Gasteiger partial charge in [-0.25, -0.2) is 9.97 Å². The number of aryl methyl sites for hydroxylation is 1. The smallest absolute Gasteiger partial charge is 0.133 e. The number of rotatable bonds is 8. The van der Waals surface area contributed by atoms with Gasteiger partial charge < -0.3 is 5.32 Å². The molecule has 1 N–H and O–H groups in total. The van der Waals surface area contributed by atoms with Crippen LogP contribution in [0, 0.1) is 12.8 Å². The molecule has 1 unspecified atom stereocenters. The molecule has 0 saturated carbocycles. The van der Waals surface area contributed by atoms with E-state index in [1.54, 1.807) is 0 Å². The predicted octanol–water partition coefficient (Wildman–Crippen LogP) is 4.37. The maximum Gasteiger partial charge on any atom is 0.133 e. The fourth-order valence-corrected chi connectivity index (χ4v) is 2.41. The normalized spacial score (nSPS) is 12.7. The van der Waals surface area contributed by atoms with Gasteiger partial charge in [0.1, 0.15) is 11.6 Å². The fraction of sp³-hybridized carbons (Fsp3) is 0.733. The molecule has 0 aliphatic heterocycles. The van der Waals surface area contributed by atoms with Crippen LogP contribution in [0.1, 0.15) is 57.5 Å². The molecule has 1 heterocycles. The molecular weight excluding hydrogens is 258 g/mol. The number of halogens is 1. The summed E-state index contributed by atoms with van der Waals surface area (Å²) in [4.78, 5) is 9.03. The Labute approximate surface area is 122 Å². The van der Waals surface area contributed by atoms with Crippen LogP contribution in [0.3, 0.4) is 0 Å². The van der Waals surface area contributed by atoms with Gasteiger partial charge in [0.25, 0.3) is 0 Å². The Balaban J connectivity index is 2.65. The maximum absolute atomic E-state index is 5.85. The van der Waals surface area contributed by atoms with Crippen molar-refractivity contribution in [2.45, 2.75) is 52.9 Å². The molecule has 19 heavy (non-hydrogen) atoms. The highest BCUT2D eigenvalue weighted by Crippen LogP contribution is 2.16. The van der Waals surface area contributed by atoms with Crippen LogP contribution in [0.4, 0.5) is 5.82 Å². The van der Waals surface area contributed by atoms with E-state index in [4.69, 9.17) is 11.6 Å². The number of aromatic nitrogens is 2. The minimum atomic E-state index is 0.356. The van der Waals surface area contributed by atoms with Gasteiger partial charge in [0.2, 0.25) is 0 Å². The average Bonchev–Trinajstić information content (AvgIpc) is 2.36. The topological polar surface area (TPSA) is 37.8 Å². The van der Waals surface area contributed by atoms with Crippen molar-refractivity contribution in [1.29, 1.82) is 0 Å². The van der Waals surface area contributed by atoms with Gasteiger partial charge in [0.05, 0.1) is 0 Å². The third-order valence-corrected chi connectivity index (χ3v) is 3.39. The molecule has 0 fully saturated rings. The summed E-state index contributed by atoms with van der Waals surface area (Å²) >= 11 is 5.85. The van der Waals surface area contributed by atoms with Crippen molar-refractivity contribution < 1.29 is 0 Å². The fourth-order valence-electron chi connectivity index (χ4n) is 2.10. The maximum atomic E-state index is 5.85. The number of hydrogen-bond acceptors (Lipinski definition) is 3. The van der Waals surface area contributed by atoms with E-state index in [0.29, 0.717) is 11.8 Å².